The van der Waals surface area contributed by atoms with Gasteiger partial charge in [0, 0.05) is 23.6 Å². The molecule has 1 aliphatic rings. The van der Waals surface area contributed by atoms with Crippen molar-refractivity contribution in [1.82, 2.24) is 25.1 Å². The Labute approximate surface area is 228 Å². The van der Waals surface area contributed by atoms with Crippen molar-refractivity contribution in [1.29, 1.82) is 0 Å². The molecule has 1 saturated carbocycles. The van der Waals surface area contributed by atoms with Crippen molar-refractivity contribution in [2.75, 3.05) is 12.4 Å². The smallest absolute Gasteiger partial charge is 0.481 e. The number of methoxy groups -OCH3 is 1. The van der Waals surface area contributed by atoms with E-state index in [2.05, 4.69) is 30.4 Å². The molecule has 2 aromatic heterocycles. The summed E-state index contributed by atoms with van der Waals surface area (Å²) >= 11 is 5.54. The van der Waals surface area contributed by atoms with E-state index < -0.39 is 6.36 Å². The van der Waals surface area contributed by atoms with Gasteiger partial charge in [-0.3, -0.25) is 0 Å². The molecule has 4 aromatic rings. The van der Waals surface area contributed by atoms with Crippen molar-refractivity contribution >= 4 is 23.0 Å². The van der Waals surface area contributed by atoms with Crippen LogP contribution in [0.25, 0.3) is 17.1 Å². The number of halogens is 3. The van der Waals surface area contributed by atoms with Crippen LogP contribution in [-0.2, 0) is 0 Å². The number of benzene rings is 2. The number of nitrogens with zero attached hydrogens (tertiary/aromatic N) is 4. The molecule has 12 heteroatoms. The first-order valence-corrected chi connectivity index (χ1v) is 12.5. The molecule has 0 saturated heterocycles. The highest BCUT2D eigenvalue weighted by molar-refractivity contribution is 7.80. The average molecular weight is 555 g/mol. The van der Waals surface area contributed by atoms with E-state index in [1.807, 2.05) is 44.2 Å². The van der Waals surface area contributed by atoms with E-state index in [-0.39, 0.29) is 11.8 Å². The Morgan fingerprint density at radius 1 is 1.08 bits per heavy atom. The number of nitrogens with one attached hydrogen (secondary N) is 2. The molecular weight excluding hydrogens is 529 g/mol. The first kappa shape index (κ1) is 26.4. The van der Waals surface area contributed by atoms with Gasteiger partial charge in [-0.05, 0) is 67.9 Å². The fourth-order valence-electron chi connectivity index (χ4n) is 4.33. The highest BCUT2D eigenvalue weighted by atomic mass is 32.1. The summed E-state index contributed by atoms with van der Waals surface area (Å²) in [5.41, 5.74) is 5.24. The minimum absolute atomic E-state index is 0.226. The molecule has 0 bridgehead atoms. The molecule has 0 spiro atoms. The van der Waals surface area contributed by atoms with Gasteiger partial charge in [-0.25, -0.2) is 14.6 Å². The van der Waals surface area contributed by atoms with Crippen LogP contribution in [0.15, 0.2) is 60.9 Å². The van der Waals surface area contributed by atoms with E-state index in [1.165, 1.54) is 40.8 Å². The van der Waals surface area contributed by atoms with Crippen molar-refractivity contribution in [3.8, 4) is 28.7 Å². The lowest BCUT2D eigenvalue weighted by Gasteiger charge is -2.15. The largest absolute Gasteiger partial charge is 0.573 e. The number of alkyl halides is 3. The van der Waals surface area contributed by atoms with E-state index in [1.54, 1.807) is 7.11 Å². The number of ether oxygens (including phenoxy) is 2. The van der Waals surface area contributed by atoms with E-state index in [9.17, 15) is 13.2 Å². The summed E-state index contributed by atoms with van der Waals surface area (Å²) in [4.78, 5) is 8.75. The number of pyridine rings is 1. The first-order chi connectivity index (χ1) is 18.6. The van der Waals surface area contributed by atoms with Gasteiger partial charge < -0.3 is 20.1 Å². The average Bonchev–Trinajstić information content (AvgIpc) is 3.47. The second-order valence-corrected chi connectivity index (χ2v) is 9.57. The van der Waals surface area contributed by atoms with Crippen molar-refractivity contribution < 1.29 is 22.6 Å². The van der Waals surface area contributed by atoms with Crippen LogP contribution in [0.3, 0.4) is 0 Å². The Morgan fingerprint density at radius 3 is 2.44 bits per heavy atom. The molecule has 39 heavy (non-hydrogen) atoms. The number of hydrogen-bond acceptors (Lipinski definition) is 6. The minimum Gasteiger partial charge on any atom is -0.481 e. The van der Waals surface area contributed by atoms with Gasteiger partial charge in [0.25, 0.3) is 0 Å². The predicted octanol–water partition coefficient (Wildman–Crippen LogP) is 5.70. The quantitative estimate of drug-likeness (QED) is 0.282. The Hall–Kier alpha value is -4.19. The van der Waals surface area contributed by atoms with Gasteiger partial charge in [0.15, 0.2) is 10.9 Å². The topological polar surface area (TPSA) is 86.1 Å². The molecule has 202 valence electrons. The van der Waals surface area contributed by atoms with Crippen molar-refractivity contribution in [3.05, 3.63) is 77.7 Å². The van der Waals surface area contributed by atoms with E-state index in [0.29, 0.717) is 28.4 Å². The van der Waals surface area contributed by atoms with Gasteiger partial charge >= 0.3 is 6.36 Å². The Balaban J connectivity index is 1.18. The molecule has 0 radical (unpaired) electrons. The van der Waals surface area contributed by atoms with E-state index in [4.69, 9.17) is 17.0 Å². The first-order valence-electron chi connectivity index (χ1n) is 12.1. The molecule has 2 heterocycles. The fourth-order valence-corrected chi connectivity index (χ4v) is 4.58. The molecule has 2 N–H and O–H groups in total. The standard InChI is InChI=1S/C27H25F3N6O2S/c1-15-12-23(37-3)32-16(2)24(15)34-26(39)33-22-13-21(22)17-4-6-18(7-5-17)25-31-14-36(35-25)19-8-10-20(11-9-19)38-27(28,29)30/h4-12,14,21-22H,13H2,1-3H3,(H2,33,34,39). The van der Waals surface area contributed by atoms with Crippen molar-refractivity contribution in [3.63, 3.8) is 0 Å². The lowest BCUT2D eigenvalue weighted by molar-refractivity contribution is -0.274. The van der Waals surface area contributed by atoms with Gasteiger partial charge in [-0.2, -0.15) is 0 Å². The third kappa shape index (κ3) is 6.28. The maximum absolute atomic E-state index is 12.4. The second kappa shape index (κ2) is 10.5. The number of aryl methyl sites for hydroxylation is 2. The third-order valence-corrected chi connectivity index (χ3v) is 6.57. The van der Waals surface area contributed by atoms with Crippen LogP contribution in [0.5, 0.6) is 11.6 Å². The molecule has 2 aromatic carbocycles. The van der Waals surface area contributed by atoms with Crippen LogP contribution in [0, 0.1) is 13.8 Å². The summed E-state index contributed by atoms with van der Waals surface area (Å²) in [7, 11) is 1.59. The maximum Gasteiger partial charge on any atom is 0.573 e. The Kier molecular flexibility index (Phi) is 7.13. The number of hydrogen-bond donors (Lipinski definition) is 2. The lowest BCUT2D eigenvalue weighted by atomic mass is 10.1. The normalized spacial score (nSPS) is 16.5. The molecule has 0 aliphatic heterocycles. The maximum atomic E-state index is 12.4. The van der Waals surface area contributed by atoms with Gasteiger partial charge in [0.2, 0.25) is 5.88 Å². The Morgan fingerprint density at radius 2 is 1.79 bits per heavy atom. The van der Waals surface area contributed by atoms with E-state index in [0.717, 1.165) is 28.9 Å². The molecule has 2 unspecified atom stereocenters. The minimum atomic E-state index is -4.74. The zero-order valence-electron chi connectivity index (χ0n) is 21.3. The predicted molar refractivity (Wildman–Crippen MR) is 144 cm³/mol. The summed E-state index contributed by atoms with van der Waals surface area (Å²) in [5, 5.41) is 11.6. The van der Waals surface area contributed by atoms with Crippen LogP contribution in [0.2, 0.25) is 0 Å². The SMILES string of the molecule is COc1cc(C)c(NC(=S)NC2CC2c2ccc(-c3ncn(-c4ccc(OC(F)(F)F)cc4)n3)cc2)c(C)n1. The second-order valence-electron chi connectivity index (χ2n) is 9.17. The zero-order chi connectivity index (χ0) is 27.7. The van der Waals surface area contributed by atoms with Crippen LogP contribution in [0.4, 0.5) is 18.9 Å². The zero-order valence-corrected chi connectivity index (χ0v) is 22.1. The molecule has 8 nitrogen and oxygen atoms in total. The number of anilines is 1. The molecule has 1 aliphatic carbocycles. The van der Waals surface area contributed by atoms with Crippen LogP contribution >= 0.6 is 12.2 Å². The van der Waals surface area contributed by atoms with Gasteiger partial charge in [0.1, 0.15) is 12.1 Å². The summed E-state index contributed by atoms with van der Waals surface area (Å²) in [6, 6.07) is 15.5. The van der Waals surface area contributed by atoms with Crippen molar-refractivity contribution in [2.45, 2.75) is 38.6 Å². The summed E-state index contributed by atoms with van der Waals surface area (Å²) in [5.74, 6) is 1.11. The van der Waals surface area contributed by atoms with Gasteiger partial charge in [0.05, 0.1) is 24.2 Å². The monoisotopic (exact) mass is 554 g/mol. The van der Waals surface area contributed by atoms with Gasteiger partial charge in [-0.15, -0.1) is 18.3 Å². The molecule has 1 fully saturated rings. The van der Waals surface area contributed by atoms with Crippen LogP contribution < -0.4 is 20.1 Å². The summed E-state index contributed by atoms with van der Waals surface area (Å²) < 4.78 is 47.8. The van der Waals surface area contributed by atoms with E-state index >= 15 is 0 Å². The fraction of sp³-hybridized carbons (Fsp3) is 0.259. The van der Waals surface area contributed by atoms with Gasteiger partial charge in [-0.1, -0.05) is 24.3 Å². The summed E-state index contributed by atoms with van der Waals surface area (Å²) in [6.07, 6.45) is -2.26. The summed E-state index contributed by atoms with van der Waals surface area (Å²) in [6.45, 7) is 3.88. The number of thiocarbonyl (C=S) groups is 1. The molecule has 0 amide bonds. The third-order valence-electron chi connectivity index (χ3n) is 6.35. The highest BCUT2D eigenvalue weighted by Crippen LogP contribution is 2.41. The molecule has 5 rings (SSSR count). The Bertz CT molecular complexity index is 1470. The molecular formula is C27H25F3N6O2S. The molecule has 2 atom stereocenters. The lowest BCUT2D eigenvalue weighted by Crippen LogP contribution is -2.31. The van der Waals surface area contributed by atoms with Crippen LogP contribution in [0.1, 0.15) is 29.2 Å². The highest BCUT2D eigenvalue weighted by Gasteiger charge is 2.39. The number of aromatic nitrogens is 4. The van der Waals surface area contributed by atoms with Crippen LogP contribution in [-0.4, -0.2) is 44.4 Å². The number of rotatable bonds is 7. The van der Waals surface area contributed by atoms with Crippen molar-refractivity contribution in [2.24, 2.45) is 0 Å².